The van der Waals surface area contributed by atoms with Crippen LogP contribution in [0.25, 0.3) is 0 Å². The first-order valence-corrected chi connectivity index (χ1v) is 7.37. The van der Waals surface area contributed by atoms with E-state index in [0.717, 1.165) is 43.5 Å². The van der Waals surface area contributed by atoms with Gasteiger partial charge in [-0.3, -0.25) is 4.90 Å². The van der Waals surface area contributed by atoms with Gasteiger partial charge in [0.15, 0.2) is 0 Å². The van der Waals surface area contributed by atoms with Crippen LogP contribution in [0.1, 0.15) is 11.5 Å². The number of nitrogens with zero attached hydrogens (tertiary/aromatic N) is 1. The molecule has 1 saturated heterocycles. The van der Waals surface area contributed by atoms with Crippen molar-refractivity contribution in [1.82, 2.24) is 4.90 Å². The third-order valence-corrected chi connectivity index (χ3v) is 3.54. The van der Waals surface area contributed by atoms with Crippen molar-refractivity contribution in [3.05, 3.63) is 54.0 Å². The maximum atomic E-state index is 6.01. The Hall–Kier alpha value is -1.78. The van der Waals surface area contributed by atoms with Gasteiger partial charge < -0.3 is 13.9 Å². The molecule has 21 heavy (non-hydrogen) atoms. The van der Waals surface area contributed by atoms with Gasteiger partial charge in [0.2, 0.25) is 0 Å². The zero-order valence-corrected chi connectivity index (χ0v) is 12.3. The fourth-order valence-corrected chi connectivity index (χ4v) is 2.54. The second kappa shape index (κ2) is 6.78. The Morgan fingerprint density at radius 3 is 2.81 bits per heavy atom. The highest BCUT2D eigenvalue weighted by atomic mass is 16.5. The molecular weight excluding hydrogens is 266 g/mol. The van der Waals surface area contributed by atoms with Gasteiger partial charge in [0.1, 0.15) is 23.4 Å². The number of ether oxygens (including phenoxy) is 2. The first-order chi connectivity index (χ1) is 10.3. The molecule has 1 atom stereocenters. The summed E-state index contributed by atoms with van der Waals surface area (Å²) in [4.78, 5) is 2.32. The van der Waals surface area contributed by atoms with Crippen molar-refractivity contribution < 1.29 is 13.9 Å². The molecule has 0 saturated carbocycles. The van der Waals surface area contributed by atoms with E-state index < -0.39 is 0 Å². The van der Waals surface area contributed by atoms with Crippen molar-refractivity contribution in [2.75, 3.05) is 26.3 Å². The number of rotatable bonds is 4. The lowest BCUT2D eigenvalue weighted by Gasteiger charge is -2.23. The molecule has 2 aromatic rings. The number of hydrogen-bond donors (Lipinski definition) is 0. The zero-order valence-electron chi connectivity index (χ0n) is 12.3. The van der Waals surface area contributed by atoms with E-state index in [1.54, 1.807) is 0 Å². The van der Waals surface area contributed by atoms with Gasteiger partial charge in [0.05, 0.1) is 19.8 Å². The molecule has 112 valence electrons. The number of hydrogen-bond acceptors (Lipinski definition) is 4. The molecule has 2 heterocycles. The minimum Gasteiger partial charge on any atom is -0.487 e. The Morgan fingerprint density at radius 1 is 1.19 bits per heavy atom. The summed E-state index contributed by atoms with van der Waals surface area (Å²) in [6.45, 7) is 5.86. The van der Waals surface area contributed by atoms with Gasteiger partial charge in [0, 0.05) is 13.1 Å². The third-order valence-electron chi connectivity index (χ3n) is 3.54. The molecule has 1 aliphatic heterocycles. The molecule has 0 unspecified atom stereocenters. The fraction of sp³-hybridized carbons (Fsp3) is 0.412. The standard InChI is InChI=1S/C17H21NO3/c1-14-7-8-16(20-14)11-18-9-10-19-13-17(12-18)21-15-5-3-2-4-6-15/h2-8,17H,9-13H2,1H3/t17-/m1/s1. The summed E-state index contributed by atoms with van der Waals surface area (Å²) in [6, 6.07) is 13.9. The normalized spacial score (nSPS) is 20.1. The lowest BCUT2D eigenvalue weighted by atomic mass is 10.3. The van der Waals surface area contributed by atoms with Gasteiger partial charge in [-0.25, -0.2) is 0 Å². The minimum absolute atomic E-state index is 0.0472. The summed E-state index contributed by atoms with van der Waals surface area (Å²) in [5, 5.41) is 0. The van der Waals surface area contributed by atoms with Gasteiger partial charge >= 0.3 is 0 Å². The molecule has 1 fully saturated rings. The second-order valence-corrected chi connectivity index (χ2v) is 5.38. The number of aryl methyl sites for hydroxylation is 1. The zero-order chi connectivity index (χ0) is 14.5. The number of para-hydroxylation sites is 1. The van der Waals surface area contributed by atoms with Crippen molar-refractivity contribution in [3.63, 3.8) is 0 Å². The van der Waals surface area contributed by atoms with Crippen LogP contribution < -0.4 is 4.74 Å². The van der Waals surface area contributed by atoms with Crippen LogP contribution in [0.4, 0.5) is 0 Å². The summed E-state index contributed by atoms with van der Waals surface area (Å²) >= 11 is 0. The molecule has 1 aromatic carbocycles. The van der Waals surface area contributed by atoms with Crippen molar-refractivity contribution in [2.45, 2.75) is 19.6 Å². The maximum Gasteiger partial charge on any atom is 0.135 e. The van der Waals surface area contributed by atoms with Crippen LogP contribution in [-0.4, -0.2) is 37.3 Å². The predicted molar refractivity (Wildman–Crippen MR) is 80.4 cm³/mol. The average Bonchev–Trinajstić information content (AvgIpc) is 2.76. The summed E-state index contributed by atoms with van der Waals surface area (Å²) in [5.74, 6) is 2.84. The SMILES string of the molecule is Cc1ccc(CN2CCOC[C@H](Oc3ccccc3)C2)o1. The smallest absolute Gasteiger partial charge is 0.135 e. The van der Waals surface area contributed by atoms with E-state index in [-0.39, 0.29) is 6.10 Å². The fourth-order valence-electron chi connectivity index (χ4n) is 2.54. The van der Waals surface area contributed by atoms with Crippen LogP contribution in [0.5, 0.6) is 5.75 Å². The Bertz CT molecular complexity index is 552. The lowest BCUT2D eigenvalue weighted by Crippen LogP contribution is -2.35. The summed E-state index contributed by atoms with van der Waals surface area (Å²) < 4.78 is 17.3. The molecular formula is C17H21NO3. The first-order valence-electron chi connectivity index (χ1n) is 7.37. The average molecular weight is 287 g/mol. The van der Waals surface area contributed by atoms with Gasteiger partial charge in [-0.2, -0.15) is 0 Å². The summed E-state index contributed by atoms with van der Waals surface area (Å²) in [6.07, 6.45) is 0.0472. The molecule has 0 radical (unpaired) electrons. The summed E-state index contributed by atoms with van der Waals surface area (Å²) in [5.41, 5.74) is 0. The first kappa shape index (κ1) is 14.2. The van der Waals surface area contributed by atoms with Crippen LogP contribution in [0, 0.1) is 6.92 Å². The Kier molecular flexibility index (Phi) is 4.58. The Balaban J connectivity index is 1.60. The highest BCUT2D eigenvalue weighted by Crippen LogP contribution is 2.15. The monoisotopic (exact) mass is 287 g/mol. The predicted octanol–water partition coefficient (Wildman–Crippen LogP) is 2.87. The van der Waals surface area contributed by atoms with Crippen LogP contribution >= 0.6 is 0 Å². The van der Waals surface area contributed by atoms with Crippen LogP contribution in [0.2, 0.25) is 0 Å². The third kappa shape index (κ3) is 4.09. The Morgan fingerprint density at radius 2 is 2.05 bits per heavy atom. The molecule has 4 heteroatoms. The van der Waals surface area contributed by atoms with Gasteiger partial charge in [-0.15, -0.1) is 0 Å². The molecule has 0 bridgehead atoms. The van der Waals surface area contributed by atoms with Crippen LogP contribution in [0.15, 0.2) is 46.9 Å². The lowest BCUT2D eigenvalue weighted by molar-refractivity contribution is 0.0709. The minimum atomic E-state index is 0.0472. The number of benzene rings is 1. The molecule has 0 N–H and O–H groups in total. The van der Waals surface area contributed by atoms with E-state index in [9.17, 15) is 0 Å². The number of furan rings is 1. The highest BCUT2D eigenvalue weighted by Gasteiger charge is 2.21. The van der Waals surface area contributed by atoms with Gasteiger partial charge in [-0.05, 0) is 31.2 Å². The largest absolute Gasteiger partial charge is 0.487 e. The molecule has 4 nitrogen and oxygen atoms in total. The molecule has 1 aliphatic rings. The van der Waals surface area contributed by atoms with Gasteiger partial charge in [-0.1, -0.05) is 18.2 Å². The molecule has 3 rings (SSSR count). The topological polar surface area (TPSA) is 34.8 Å². The molecule has 0 aliphatic carbocycles. The van der Waals surface area contributed by atoms with Gasteiger partial charge in [0.25, 0.3) is 0 Å². The van der Waals surface area contributed by atoms with Crippen LogP contribution in [-0.2, 0) is 11.3 Å². The van der Waals surface area contributed by atoms with Crippen molar-refractivity contribution in [1.29, 1.82) is 0 Å². The van der Waals surface area contributed by atoms with E-state index >= 15 is 0 Å². The van der Waals surface area contributed by atoms with Crippen molar-refractivity contribution in [2.24, 2.45) is 0 Å². The Labute approximate surface area is 125 Å². The van der Waals surface area contributed by atoms with Crippen molar-refractivity contribution in [3.8, 4) is 5.75 Å². The van der Waals surface area contributed by atoms with E-state index in [2.05, 4.69) is 4.90 Å². The maximum absolute atomic E-state index is 6.01. The molecule has 1 aromatic heterocycles. The van der Waals surface area contributed by atoms with E-state index in [1.807, 2.05) is 49.4 Å². The van der Waals surface area contributed by atoms with Crippen molar-refractivity contribution >= 4 is 0 Å². The van der Waals surface area contributed by atoms with E-state index in [4.69, 9.17) is 13.9 Å². The van der Waals surface area contributed by atoms with E-state index in [1.165, 1.54) is 0 Å². The second-order valence-electron chi connectivity index (χ2n) is 5.38. The molecule has 0 amide bonds. The quantitative estimate of drug-likeness (QED) is 0.866. The summed E-state index contributed by atoms with van der Waals surface area (Å²) in [7, 11) is 0. The molecule has 0 spiro atoms. The highest BCUT2D eigenvalue weighted by molar-refractivity contribution is 5.21. The van der Waals surface area contributed by atoms with Crippen LogP contribution in [0.3, 0.4) is 0 Å². The van der Waals surface area contributed by atoms with E-state index in [0.29, 0.717) is 6.61 Å².